The van der Waals surface area contributed by atoms with Gasteiger partial charge in [0.1, 0.15) is 20.2 Å². The molecule has 0 saturated carbocycles. The van der Waals surface area contributed by atoms with Crippen molar-refractivity contribution in [3.63, 3.8) is 0 Å². The van der Waals surface area contributed by atoms with Crippen LogP contribution < -0.4 is 15.2 Å². The Morgan fingerprint density at radius 3 is 2.96 bits per heavy atom. The number of aromatic nitrogens is 1. The van der Waals surface area contributed by atoms with E-state index in [4.69, 9.17) is 12.6 Å². The van der Waals surface area contributed by atoms with Gasteiger partial charge in [0, 0.05) is 24.2 Å². The van der Waals surface area contributed by atoms with Gasteiger partial charge < -0.3 is 4.74 Å². The van der Waals surface area contributed by atoms with E-state index in [-0.39, 0.29) is 0 Å². The Hall–Kier alpha value is -3.08. The van der Waals surface area contributed by atoms with Gasteiger partial charge in [0.15, 0.2) is 0 Å². The summed E-state index contributed by atoms with van der Waals surface area (Å²) < 4.78 is 5.92. The third-order valence-electron chi connectivity index (χ3n) is 3.96. The molecule has 0 N–H and O–H groups in total. The molecule has 25 heavy (non-hydrogen) atoms. The van der Waals surface area contributed by atoms with E-state index < -0.39 is 0 Å². The van der Waals surface area contributed by atoms with Crippen LogP contribution in [-0.2, 0) is 0 Å². The Morgan fingerprint density at radius 1 is 1.08 bits per heavy atom. The monoisotopic (exact) mass is 325 g/mol. The SMILES string of the molecule is [B]c1cccc(N2C=CCC(COc3ccc4ncccc4c3)=N2)c1. The van der Waals surface area contributed by atoms with Crippen LogP contribution in [0.25, 0.3) is 10.9 Å². The number of ether oxygens (including phenoxy) is 1. The smallest absolute Gasteiger partial charge is 0.128 e. The molecule has 2 heterocycles. The molecule has 1 aliphatic rings. The molecule has 120 valence electrons. The van der Waals surface area contributed by atoms with Crippen molar-refractivity contribution in [1.82, 2.24) is 4.98 Å². The highest BCUT2D eigenvalue weighted by atomic mass is 16.5. The molecular weight excluding hydrogens is 309 g/mol. The average Bonchev–Trinajstić information content (AvgIpc) is 2.66. The molecule has 2 aromatic carbocycles. The Kier molecular flexibility index (Phi) is 4.21. The van der Waals surface area contributed by atoms with Crippen LogP contribution in [0.2, 0.25) is 0 Å². The fourth-order valence-corrected chi connectivity index (χ4v) is 2.72. The molecule has 2 radical (unpaired) electrons. The van der Waals surface area contributed by atoms with E-state index in [1.807, 2.05) is 65.8 Å². The standard InChI is InChI=1S/C20H16BN3O/c21-16-5-1-7-18(13-16)24-11-3-6-17(23-24)14-25-19-8-9-20-15(12-19)4-2-10-22-20/h1-5,7-13H,6,14H2. The Bertz CT molecular complexity index is 968. The lowest BCUT2D eigenvalue weighted by Crippen LogP contribution is -2.21. The van der Waals surface area contributed by atoms with Gasteiger partial charge >= 0.3 is 0 Å². The number of pyridine rings is 1. The van der Waals surface area contributed by atoms with Crippen LogP contribution in [0.5, 0.6) is 5.75 Å². The molecule has 4 rings (SSSR count). The zero-order chi connectivity index (χ0) is 17.1. The fourth-order valence-electron chi connectivity index (χ4n) is 2.72. The Labute approximate surface area is 147 Å². The van der Waals surface area contributed by atoms with Crippen LogP contribution in [-0.4, -0.2) is 25.1 Å². The Morgan fingerprint density at radius 2 is 2.04 bits per heavy atom. The third kappa shape index (κ3) is 3.55. The molecule has 3 aromatic rings. The van der Waals surface area contributed by atoms with Crippen LogP contribution in [0.4, 0.5) is 5.69 Å². The average molecular weight is 325 g/mol. The number of nitrogens with zero attached hydrogens (tertiary/aromatic N) is 3. The van der Waals surface area contributed by atoms with Gasteiger partial charge in [-0.3, -0.25) is 4.98 Å². The van der Waals surface area contributed by atoms with E-state index in [0.717, 1.165) is 34.5 Å². The number of benzene rings is 2. The molecule has 0 atom stereocenters. The molecule has 1 aliphatic heterocycles. The summed E-state index contributed by atoms with van der Waals surface area (Å²) in [7, 11) is 5.85. The highest BCUT2D eigenvalue weighted by Crippen LogP contribution is 2.20. The second-order valence-electron chi connectivity index (χ2n) is 5.84. The molecule has 0 spiro atoms. The highest BCUT2D eigenvalue weighted by Gasteiger charge is 2.10. The summed E-state index contributed by atoms with van der Waals surface area (Å²) in [6.07, 6.45) is 6.57. The summed E-state index contributed by atoms with van der Waals surface area (Å²) in [5.74, 6) is 0.813. The highest BCUT2D eigenvalue weighted by molar-refractivity contribution is 6.32. The Balaban J connectivity index is 1.48. The van der Waals surface area contributed by atoms with E-state index in [1.165, 1.54) is 0 Å². The molecule has 0 aliphatic carbocycles. The lowest BCUT2D eigenvalue weighted by atomic mass is 9.96. The topological polar surface area (TPSA) is 37.7 Å². The number of hydrogen-bond acceptors (Lipinski definition) is 4. The van der Waals surface area contributed by atoms with Crippen molar-refractivity contribution in [2.24, 2.45) is 5.10 Å². The van der Waals surface area contributed by atoms with Crippen molar-refractivity contribution in [3.05, 3.63) is 73.1 Å². The van der Waals surface area contributed by atoms with Crippen LogP contribution in [0.1, 0.15) is 6.42 Å². The number of hydrazone groups is 1. The zero-order valence-electron chi connectivity index (χ0n) is 13.7. The maximum Gasteiger partial charge on any atom is 0.128 e. The zero-order valence-corrected chi connectivity index (χ0v) is 13.7. The van der Waals surface area contributed by atoms with E-state index in [1.54, 1.807) is 6.20 Å². The predicted molar refractivity (Wildman–Crippen MR) is 103 cm³/mol. The quantitative estimate of drug-likeness (QED) is 0.692. The second-order valence-corrected chi connectivity index (χ2v) is 5.84. The normalized spacial score (nSPS) is 13.8. The number of rotatable bonds is 4. The molecular formula is C20H16BN3O. The summed E-state index contributed by atoms with van der Waals surface area (Å²) in [4.78, 5) is 4.32. The first-order chi connectivity index (χ1) is 12.3. The number of fused-ring (bicyclic) bond motifs is 1. The van der Waals surface area contributed by atoms with Crippen LogP contribution in [0.3, 0.4) is 0 Å². The molecule has 1 aromatic heterocycles. The first-order valence-corrected chi connectivity index (χ1v) is 8.13. The summed E-state index contributed by atoms with van der Waals surface area (Å²) in [5, 5.41) is 7.53. The largest absolute Gasteiger partial charge is 0.488 e. The molecule has 0 saturated heterocycles. The summed E-state index contributed by atoms with van der Waals surface area (Å²) in [5.41, 5.74) is 3.57. The minimum Gasteiger partial charge on any atom is -0.488 e. The minimum absolute atomic E-state index is 0.439. The van der Waals surface area contributed by atoms with Gasteiger partial charge in [-0.05, 0) is 36.4 Å². The van der Waals surface area contributed by atoms with E-state index in [0.29, 0.717) is 12.1 Å². The molecule has 5 heteroatoms. The van der Waals surface area contributed by atoms with Gasteiger partial charge in [-0.25, -0.2) is 5.01 Å². The fraction of sp³-hybridized carbons (Fsp3) is 0.100. The van der Waals surface area contributed by atoms with Crippen molar-refractivity contribution in [2.75, 3.05) is 11.6 Å². The van der Waals surface area contributed by atoms with E-state index >= 15 is 0 Å². The summed E-state index contributed by atoms with van der Waals surface area (Å²) in [6, 6.07) is 17.5. The van der Waals surface area contributed by atoms with Crippen molar-refractivity contribution in [3.8, 4) is 5.75 Å². The van der Waals surface area contributed by atoms with Gasteiger partial charge in [0.25, 0.3) is 0 Å². The molecule has 0 unspecified atom stereocenters. The first kappa shape index (κ1) is 15.5. The lowest BCUT2D eigenvalue weighted by molar-refractivity contribution is 0.375. The van der Waals surface area contributed by atoms with E-state index in [9.17, 15) is 0 Å². The summed E-state index contributed by atoms with van der Waals surface area (Å²) in [6.45, 7) is 0.439. The minimum atomic E-state index is 0.439. The van der Waals surface area contributed by atoms with Gasteiger partial charge in [-0.2, -0.15) is 5.10 Å². The van der Waals surface area contributed by atoms with Gasteiger partial charge in [-0.1, -0.05) is 29.7 Å². The van der Waals surface area contributed by atoms with E-state index in [2.05, 4.69) is 16.2 Å². The molecule has 4 nitrogen and oxygen atoms in total. The van der Waals surface area contributed by atoms with Crippen LogP contribution >= 0.6 is 0 Å². The second kappa shape index (κ2) is 6.81. The maximum absolute atomic E-state index is 5.92. The van der Waals surface area contributed by atoms with Crippen LogP contribution in [0.15, 0.2) is 78.2 Å². The van der Waals surface area contributed by atoms with Crippen LogP contribution in [0, 0.1) is 0 Å². The lowest BCUT2D eigenvalue weighted by Gasteiger charge is -2.21. The number of anilines is 1. The summed E-state index contributed by atoms with van der Waals surface area (Å²) >= 11 is 0. The van der Waals surface area contributed by atoms with Gasteiger partial charge in [0.2, 0.25) is 0 Å². The van der Waals surface area contributed by atoms with Crippen molar-refractivity contribution < 1.29 is 4.74 Å². The third-order valence-corrected chi connectivity index (χ3v) is 3.96. The first-order valence-electron chi connectivity index (χ1n) is 8.13. The van der Waals surface area contributed by atoms with Gasteiger partial charge in [-0.15, -0.1) is 0 Å². The number of hydrogen-bond donors (Lipinski definition) is 0. The predicted octanol–water partition coefficient (Wildman–Crippen LogP) is 3.19. The maximum atomic E-state index is 5.92. The number of allylic oxidation sites excluding steroid dienone is 1. The van der Waals surface area contributed by atoms with Crippen molar-refractivity contribution in [2.45, 2.75) is 6.42 Å². The molecule has 0 bridgehead atoms. The van der Waals surface area contributed by atoms with Crippen molar-refractivity contribution >= 4 is 35.6 Å². The van der Waals surface area contributed by atoms with Gasteiger partial charge in [0.05, 0.1) is 16.9 Å². The van der Waals surface area contributed by atoms with Crippen molar-refractivity contribution in [1.29, 1.82) is 0 Å². The molecule has 0 amide bonds. The molecule has 0 fully saturated rings.